The molecule has 2 aromatic carbocycles. The number of para-hydroxylation sites is 2. The van der Waals surface area contributed by atoms with Crippen LogP contribution in [0, 0.1) is 17.2 Å². The first-order valence-corrected chi connectivity index (χ1v) is 12.0. The second kappa shape index (κ2) is 11.4. The fourth-order valence-corrected chi connectivity index (χ4v) is 4.37. The lowest BCUT2D eigenvalue weighted by atomic mass is 9.97. The van der Waals surface area contributed by atoms with Gasteiger partial charge in [0.25, 0.3) is 0 Å². The molecule has 2 atom stereocenters. The summed E-state index contributed by atoms with van der Waals surface area (Å²) in [4.78, 5) is 37.0. The highest BCUT2D eigenvalue weighted by molar-refractivity contribution is 5.89. The summed E-state index contributed by atoms with van der Waals surface area (Å²) in [5.41, 5.74) is 2.70. The third-order valence-corrected chi connectivity index (χ3v) is 6.14. The van der Waals surface area contributed by atoms with E-state index in [2.05, 4.69) is 11.4 Å². The number of anilines is 1. The van der Waals surface area contributed by atoms with Crippen molar-refractivity contribution in [2.45, 2.75) is 32.1 Å². The van der Waals surface area contributed by atoms with Crippen LogP contribution in [0.4, 0.5) is 5.82 Å². The zero-order chi connectivity index (χ0) is 24.6. The van der Waals surface area contributed by atoms with Crippen LogP contribution in [0.3, 0.4) is 0 Å². The molecule has 1 fully saturated rings. The predicted octanol–water partition coefficient (Wildman–Crippen LogP) is 3.38. The van der Waals surface area contributed by atoms with Crippen LogP contribution >= 0.6 is 0 Å². The molecular formula is C27H29N5O3. The van der Waals surface area contributed by atoms with Gasteiger partial charge in [0.2, 0.25) is 5.91 Å². The molecule has 3 aromatic rings. The van der Waals surface area contributed by atoms with Crippen molar-refractivity contribution in [2.24, 2.45) is 5.92 Å². The van der Waals surface area contributed by atoms with E-state index in [4.69, 9.17) is 14.7 Å². The van der Waals surface area contributed by atoms with Crippen molar-refractivity contribution in [3.8, 4) is 6.07 Å². The molecule has 0 radical (unpaired) electrons. The third kappa shape index (κ3) is 5.75. The Kier molecular flexibility index (Phi) is 7.88. The zero-order valence-electron chi connectivity index (χ0n) is 19.8. The number of carbonyl (C=O) groups is 2. The van der Waals surface area contributed by atoms with E-state index in [1.165, 1.54) is 0 Å². The van der Waals surface area contributed by atoms with Crippen LogP contribution in [0.1, 0.15) is 36.9 Å². The molecule has 0 bridgehead atoms. The molecule has 4 rings (SSSR count). The van der Waals surface area contributed by atoms with E-state index in [1.807, 2.05) is 59.5 Å². The summed E-state index contributed by atoms with van der Waals surface area (Å²) < 4.78 is 5.24. The lowest BCUT2D eigenvalue weighted by Gasteiger charge is -2.33. The van der Waals surface area contributed by atoms with E-state index in [1.54, 1.807) is 6.92 Å². The number of rotatable bonds is 8. The molecule has 180 valence electrons. The molecule has 2 heterocycles. The number of benzene rings is 2. The van der Waals surface area contributed by atoms with Crippen LogP contribution in [-0.2, 0) is 20.7 Å². The summed E-state index contributed by atoms with van der Waals surface area (Å²) >= 11 is 0. The van der Waals surface area contributed by atoms with Crippen molar-refractivity contribution in [1.29, 1.82) is 5.26 Å². The number of hydrogen-bond acceptors (Lipinski definition) is 7. The number of hydrogen-bond donors (Lipinski definition) is 1. The lowest BCUT2D eigenvalue weighted by molar-refractivity contribution is -0.148. The molecule has 1 saturated heterocycles. The third-order valence-electron chi connectivity index (χ3n) is 6.14. The van der Waals surface area contributed by atoms with E-state index in [0.29, 0.717) is 55.2 Å². The Hall–Kier alpha value is -3.99. The van der Waals surface area contributed by atoms with Gasteiger partial charge in [0, 0.05) is 19.6 Å². The number of nitrogens with one attached hydrogen (secondary N) is 1. The van der Waals surface area contributed by atoms with Crippen LogP contribution in [0.25, 0.3) is 11.0 Å². The number of nitriles is 1. The minimum atomic E-state index is -1.12. The topological polar surface area (TPSA) is 108 Å². The molecule has 0 spiro atoms. The maximum Gasteiger partial charge on any atom is 0.310 e. The van der Waals surface area contributed by atoms with E-state index in [9.17, 15) is 14.9 Å². The maximum absolute atomic E-state index is 13.1. The Morgan fingerprint density at radius 2 is 1.86 bits per heavy atom. The highest BCUT2D eigenvalue weighted by atomic mass is 16.5. The standard InChI is InChI=1S/C27H29N5O3/c1-2-35-27(34)20-11-8-16-32(18-20)25-24(30-22-12-6-7-13-23(22)31-25)21(17-28)26(33)29-15-14-19-9-4-3-5-10-19/h3-7,9-10,12-13,20-21H,2,8,11,14-16,18H2,1H3,(H,29,33)/t20-,21-/m0/s1. The van der Waals surface area contributed by atoms with E-state index < -0.39 is 11.8 Å². The van der Waals surface area contributed by atoms with Crippen molar-refractivity contribution in [3.63, 3.8) is 0 Å². The normalized spacial score (nSPS) is 16.3. The smallest absolute Gasteiger partial charge is 0.310 e. The number of aromatic nitrogens is 2. The summed E-state index contributed by atoms with van der Waals surface area (Å²) in [5, 5.41) is 12.9. The Morgan fingerprint density at radius 1 is 1.14 bits per heavy atom. The number of ether oxygens (including phenoxy) is 1. The summed E-state index contributed by atoms with van der Waals surface area (Å²) in [6.07, 6.45) is 2.17. The Balaban J connectivity index is 1.60. The fourth-order valence-electron chi connectivity index (χ4n) is 4.37. The van der Waals surface area contributed by atoms with Crippen molar-refractivity contribution < 1.29 is 14.3 Å². The van der Waals surface area contributed by atoms with Gasteiger partial charge in [-0.05, 0) is 43.9 Å². The second-order valence-electron chi connectivity index (χ2n) is 8.55. The molecule has 1 aliphatic heterocycles. The molecule has 1 N–H and O–H groups in total. The van der Waals surface area contributed by atoms with Crippen molar-refractivity contribution in [1.82, 2.24) is 15.3 Å². The molecule has 0 unspecified atom stereocenters. The number of esters is 1. The van der Waals surface area contributed by atoms with Crippen LogP contribution in [0.5, 0.6) is 0 Å². The minimum Gasteiger partial charge on any atom is -0.466 e. The Bertz CT molecular complexity index is 1220. The van der Waals surface area contributed by atoms with Gasteiger partial charge in [-0.1, -0.05) is 42.5 Å². The molecular weight excluding hydrogens is 442 g/mol. The molecule has 0 saturated carbocycles. The van der Waals surface area contributed by atoms with Crippen molar-refractivity contribution in [2.75, 3.05) is 31.1 Å². The van der Waals surface area contributed by atoms with Gasteiger partial charge in [-0.25, -0.2) is 9.97 Å². The van der Waals surface area contributed by atoms with Crippen LogP contribution in [-0.4, -0.2) is 48.1 Å². The molecule has 1 aliphatic rings. The van der Waals surface area contributed by atoms with Crippen LogP contribution < -0.4 is 10.2 Å². The monoisotopic (exact) mass is 471 g/mol. The molecule has 1 amide bonds. The van der Waals surface area contributed by atoms with Gasteiger partial charge in [0.1, 0.15) is 5.69 Å². The van der Waals surface area contributed by atoms with Crippen LogP contribution in [0.2, 0.25) is 0 Å². The van der Waals surface area contributed by atoms with E-state index in [-0.39, 0.29) is 11.9 Å². The number of carbonyl (C=O) groups excluding carboxylic acids is 2. The molecule has 35 heavy (non-hydrogen) atoms. The Morgan fingerprint density at radius 3 is 2.57 bits per heavy atom. The largest absolute Gasteiger partial charge is 0.466 e. The van der Waals surface area contributed by atoms with Crippen molar-refractivity contribution in [3.05, 3.63) is 65.9 Å². The summed E-state index contributed by atoms with van der Waals surface area (Å²) in [6.45, 7) is 3.59. The average molecular weight is 472 g/mol. The quantitative estimate of drug-likeness (QED) is 0.502. The summed E-state index contributed by atoms with van der Waals surface area (Å²) in [6, 6.07) is 19.4. The van der Waals surface area contributed by atoms with Gasteiger partial charge in [-0.3, -0.25) is 9.59 Å². The summed E-state index contributed by atoms with van der Waals surface area (Å²) in [5.74, 6) is -1.58. The highest BCUT2D eigenvalue weighted by Gasteiger charge is 2.33. The second-order valence-corrected chi connectivity index (χ2v) is 8.55. The number of piperidine rings is 1. The summed E-state index contributed by atoms with van der Waals surface area (Å²) in [7, 11) is 0. The average Bonchev–Trinajstić information content (AvgIpc) is 2.89. The fraction of sp³-hybridized carbons (Fsp3) is 0.370. The van der Waals surface area contributed by atoms with Gasteiger partial charge in [-0.15, -0.1) is 0 Å². The molecule has 8 nitrogen and oxygen atoms in total. The minimum absolute atomic E-state index is 0.233. The zero-order valence-corrected chi connectivity index (χ0v) is 19.8. The van der Waals surface area contributed by atoms with Crippen LogP contribution in [0.15, 0.2) is 54.6 Å². The highest BCUT2D eigenvalue weighted by Crippen LogP contribution is 2.30. The first-order valence-electron chi connectivity index (χ1n) is 12.0. The number of amides is 1. The van der Waals surface area contributed by atoms with Gasteiger partial charge >= 0.3 is 5.97 Å². The van der Waals surface area contributed by atoms with Gasteiger partial charge < -0.3 is 15.0 Å². The van der Waals surface area contributed by atoms with E-state index >= 15 is 0 Å². The van der Waals surface area contributed by atoms with Gasteiger partial charge in [0.05, 0.1) is 29.6 Å². The first kappa shape index (κ1) is 24.1. The lowest BCUT2D eigenvalue weighted by Crippen LogP contribution is -2.41. The van der Waals surface area contributed by atoms with Gasteiger partial charge in [0.15, 0.2) is 11.7 Å². The first-order chi connectivity index (χ1) is 17.1. The predicted molar refractivity (Wildman–Crippen MR) is 133 cm³/mol. The number of nitrogens with zero attached hydrogens (tertiary/aromatic N) is 4. The SMILES string of the molecule is CCOC(=O)[C@H]1CCCN(c2nc3ccccc3nc2[C@H](C#N)C(=O)NCCc2ccccc2)C1. The molecule has 0 aliphatic carbocycles. The van der Waals surface area contributed by atoms with Gasteiger partial charge in [-0.2, -0.15) is 5.26 Å². The maximum atomic E-state index is 13.1. The van der Waals surface area contributed by atoms with E-state index in [0.717, 1.165) is 18.4 Å². The molecule has 1 aromatic heterocycles. The number of fused-ring (bicyclic) bond motifs is 1. The van der Waals surface area contributed by atoms with Crippen molar-refractivity contribution >= 4 is 28.7 Å². The molecule has 8 heteroatoms. The Labute approximate surface area is 204 Å².